The van der Waals surface area contributed by atoms with Crippen LogP contribution in [0.25, 0.3) is 0 Å². The molecule has 0 unspecified atom stereocenters. The highest BCUT2D eigenvalue weighted by Crippen LogP contribution is 2.27. The summed E-state index contributed by atoms with van der Waals surface area (Å²) >= 11 is 0. The predicted octanol–water partition coefficient (Wildman–Crippen LogP) is 2.14. The first-order chi connectivity index (χ1) is 8.18. The number of hydrogen-bond acceptors (Lipinski definition) is 4. The van der Waals surface area contributed by atoms with Gasteiger partial charge in [-0.15, -0.1) is 0 Å². The van der Waals surface area contributed by atoms with E-state index in [1.165, 1.54) is 0 Å². The molecule has 1 rings (SSSR count). The van der Waals surface area contributed by atoms with Crippen LogP contribution in [0.2, 0.25) is 0 Å². The van der Waals surface area contributed by atoms with Gasteiger partial charge in [-0.2, -0.15) is 0 Å². The van der Waals surface area contributed by atoms with Crippen molar-refractivity contribution in [2.75, 3.05) is 13.4 Å². The van der Waals surface area contributed by atoms with Crippen molar-refractivity contribution in [3.8, 4) is 0 Å². The van der Waals surface area contributed by atoms with E-state index in [4.69, 9.17) is 0 Å². The van der Waals surface area contributed by atoms with Crippen molar-refractivity contribution in [3.63, 3.8) is 0 Å². The standard InChI is InChI=1S/C12H15FO4S/c1-7(2)8-5-10(13)9(12(14)17-3)6-11(8)18(4,15)16/h5-7H,1-4H3. The van der Waals surface area contributed by atoms with Gasteiger partial charge >= 0.3 is 5.97 Å². The van der Waals surface area contributed by atoms with Crippen LogP contribution in [0, 0.1) is 5.82 Å². The number of benzene rings is 1. The highest BCUT2D eigenvalue weighted by atomic mass is 32.2. The second kappa shape index (κ2) is 5.06. The van der Waals surface area contributed by atoms with Crippen LogP contribution in [-0.2, 0) is 14.6 Å². The largest absolute Gasteiger partial charge is 0.465 e. The third-order valence-electron chi connectivity index (χ3n) is 2.53. The van der Waals surface area contributed by atoms with Gasteiger partial charge in [0.15, 0.2) is 9.84 Å². The molecule has 0 atom stereocenters. The lowest BCUT2D eigenvalue weighted by Crippen LogP contribution is -2.11. The fourth-order valence-electron chi connectivity index (χ4n) is 1.61. The third kappa shape index (κ3) is 2.87. The van der Waals surface area contributed by atoms with Gasteiger partial charge in [0, 0.05) is 6.26 Å². The highest BCUT2D eigenvalue weighted by Gasteiger charge is 2.22. The predicted molar refractivity (Wildman–Crippen MR) is 64.9 cm³/mol. The van der Waals surface area contributed by atoms with Gasteiger partial charge in [-0.1, -0.05) is 13.8 Å². The molecule has 0 N–H and O–H groups in total. The van der Waals surface area contributed by atoms with Gasteiger partial charge in [0.1, 0.15) is 5.82 Å². The summed E-state index contributed by atoms with van der Waals surface area (Å²) in [6.45, 7) is 3.50. The van der Waals surface area contributed by atoms with Crippen molar-refractivity contribution in [3.05, 3.63) is 29.1 Å². The lowest BCUT2D eigenvalue weighted by molar-refractivity contribution is 0.0595. The summed E-state index contributed by atoms with van der Waals surface area (Å²) in [6.07, 6.45) is 1.02. The zero-order valence-electron chi connectivity index (χ0n) is 10.7. The van der Waals surface area contributed by atoms with Crippen LogP contribution < -0.4 is 0 Å². The van der Waals surface area contributed by atoms with Crippen molar-refractivity contribution >= 4 is 15.8 Å². The molecule has 0 bridgehead atoms. The summed E-state index contributed by atoms with van der Waals surface area (Å²) in [5.41, 5.74) is -0.0232. The minimum Gasteiger partial charge on any atom is -0.465 e. The number of halogens is 1. The van der Waals surface area contributed by atoms with E-state index in [1.54, 1.807) is 13.8 Å². The Hall–Kier alpha value is -1.43. The van der Waals surface area contributed by atoms with E-state index in [0.29, 0.717) is 5.56 Å². The molecule has 6 heteroatoms. The average molecular weight is 274 g/mol. The van der Waals surface area contributed by atoms with Crippen LogP contribution in [0.5, 0.6) is 0 Å². The molecule has 1 aromatic rings. The fourth-order valence-corrected chi connectivity index (χ4v) is 2.66. The van der Waals surface area contributed by atoms with Crippen LogP contribution in [-0.4, -0.2) is 27.8 Å². The molecule has 0 aliphatic heterocycles. The quantitative estimate of drug-likeness (QED) is 0.626. The molecule has 0 spiro atoms. The number of ether oxygens (including phenoxy) is 1. The van der Waals surface area contributed by atoms with Crippen LogP contribution in [0.1, 0.15) is 35.7 Å². The maximum atomic E-state index is 13.7. The first-order valence-corrected chi connectivity index (χ1v) is 7.19. The molecule has 0 aliphatic carbocycles. The van der Waals surface area contributed by atoms with Gasteiger partial charge in [0.25, 0.3) is 0 Å². The highest BCUT2D eigenvalue weighted by molar-refractivity contribution is 7.90. The molecule has 100 valence electrons. The third-order valence-corrected chi connectivity index (χ3v) is 3.68. The van der Waals surface area contributed by atoms with E-state index in [0.717, 1.165) is 25.5 Å². The molecule has 0 amide bonds. The van der Waals surface area contributed by atoms with Crippen LogP contribution in [0.4, 0.5) is 4.39 Å². The second-order valence-corrected chi connectivity index (χ2v) is 6.27. The summed E-state index contributed by atoms with van der Waals surface area (Å²) in [7, 11) is -2.42. The lowest BCUT2D eigenvalue weighted by Gasteiger charge is -2.13. The van der Waals surface area contributed by atoms with Crippen molar-refractivity contribution in [1.29, 1.82) is 0 Å². The second-order valence-electron chi connectivity index (χ2n) is 4.29. The smallest absolute Gasteiger partial charge is 0.340 e. The number of carbonyl (C=O) groups is 1. The van der Waals surface area contributed by atoms with Gasteiger partial charge in [-0.05, 0) is 23.6 Å². The fraction of sp³-hybridized carbons (Fsp3) is 0.417. The van der Waals surface area contributed by atoms with Crippen LogP contribution in [0.3, 0.4) is 0 Å². The maximum Gasteiger partial charge on any atom is 0.340 e. The molecular weight excluding hydrogens is 259 g/mol. The molecule has 0 radical (unpaired) electrons. The summed E-state index contributed by atoms with van der Waals surface area (Å²) in [4.78, 5) is 11.3. The summed E-state index contributed by atoms with van der Waals surface area (Å²) in [5.74, 6) is -1.85. The average Bonchev–Trinajstić information content (AvgIpc) is 2.25. The Morgan fingerprint density at radius 1 is 1.33 bits per heavy atom. The molecule has 0 fully saturated rings. The number of hydrogen-bond donors (Lipinski definition) is 0. The first kappa shape index (κ1) is 14.6. The topological polar surface area (TPSA) is 60.4 Å². The number of sulfone groups is 1. The van der Waals surface area contributed by atoms with E-state index in [2.05, 4.69) is 4.74 Å². The van der Waals surface area contributed by atoms with Crippen molar-refractivity contribution in [1.82, 2.24) is 0 Å². The van der Waals surface area contributed by atoms with Gasteiger partial charge < -0.3 is 4.74 Å². The Kier molecular flexibility index (Phi) is 4.11. The molecule has 0 aliphatic rings. The van der Waals surface area contributed by atoms with Gasteiger partial charge in [-0.25, -0.2) is 17.6 Å². The van der Waals surface area contributed by atoms with Gasteiger partial charge in [0.05, 0.1) is 17.6 Å². The monoisotopic (exact) mass is 274 g/mol. The molecule has 4 nitrogen and oxygen atoms in total. The Morgan fingerprint density at radius 2 is 1.89 bits per heavy atom. The van der Waals surface area contributed by atoms with E-state index in [9.17, 15) is 17.6 Å². The van der Waals surface area contributed by atoms with Crippen molar-refractivity contribution < 1.29 is 22.3 Å². The van der Waals surface area contributed by atoms with Crippen molar-refractivity contribution in [2.24, 2.45) is 0 Å². The van der Waals surface area contributed by atoms with Gasteiger partial charge in [-0.3, -0.25) is 0 Å². The SMILES string of the molecule is COC(=O)c1cc(S(C)(=O)=O)c(C(C)C)cc1F. The molecule has 1 aromatic carbocycles. The van der Waals surface area contributed by atoms with E-state index in [1.807, 2.05) is 0 Å². The van der Waals surface area contributed by atoms with E-state index >= 15 is 0 Å². The summed E-state index contributed by atoms with van der Waals surface area (Å²) in [5, 5.41) is 0. The van der Waals surface area contributed by atoms with E-state index < -0.39 is 21.6 Å². The van der Waals surface area contributed by atoms with Crippen LogP contribution in [0.15, 0.2) is 17.0 Å². The molecule has 18 heavy (non-hydrogen) atoms. The minimum atomic E-state index is -3.53. The zero-order chi connectivity index (χ0) is 14.1. The normalized spacial score (nSPS) is 11.7. The maximum absolute atomic E-state index is 13.7. The molecular formula is C12H15FO4S. The zero-order valence-corrected chi connectivity index (χ0v) is 11.5. The van der Waals surface area contributed by atoms with E-state index in [-0.39, 0.29) is 16.4 Å². The van der Waals surface area contributed by atoms with Crippen LogP contribution >= 0.6 is 0 Å². The molecule has 0 heterocycles. The minimum absolute atomic E-state index is 0.0423. The Labute approximate surface area is 106 Å². The Morgan fingerprint density at radius 3 is 2.28 bits per heavy atom. The summed E-state index contributed by atoms with van der Waals surface area (Å²) < 4.78 is 41.4. The van der Waals surface area contributed by atoms with Crippen molar-refractivity contribution in [2.45, 2.75) is 24.7 Å². The molecule has 0 aromatic heterocycles. The Balaban J connectivity index is 3.61. The Bertz CT molecular complexity index is 576. The number of esters is 1. The number of carbonyl (C=O) groups excluding carboxylic acids is 1. The summed E-state index contributed by atoms with van der Waals surface area (Å²) in [6, 6.07) is 2.11. The number of methoxy groups -OCH3 is 1. The molecule has 0 saturated carbocycles. The number of rotatable bonds is 3. The first-order valence-electron chi connectivity index (χ1n) is 5.30. The van der Waals surface area contributed by atoms with Gasteiger partial charge in [0.2, 0.25) is 0 Å². The lowest BCUT2D eigenvalue weighted by atomic mass is 10.0. The molecule has 0 saturated heterocycles.